The minimum absolute atomic E-state index is 0.387. The van der Waals surface area contributed by atoms with Crippen LogP contribution in [0.2, 0.25) is 0 Å². The van der Waals surface area contributed by atoms with Gasteiger partial charge >= 0.3 is 5.97 Å². The van der Waals surface area contributed by atoms with E-state index in [0.29, 0.717) is 16.7 Å². The summed E-state index contributed by atoms with van der Waals surface area (Å²) < 4.78 is 9.96. The summed E-state index contributed by atoms with van der Waals surface area (Å²) in [6.07, 6.45) is 0. The molecule has 0 saturated carbocycles. The molecule has 0 fully saturated rings. The normalized spacial score (nSPS) is 11.7. The average Bonchev–Trinajstić information content (AvgIpc) is 2.36. The van der Waals surface area contributed by atoms with Crippen LogP contribution < -0.4 is 0 Å². The Morgan fingerprint density at radius 2 is 1.81 bits per heavy atom. The van der Waals surface area contributed by atoms with E-state index in [0.717, 1.165) is 5.56 Å². The maximum absolute atomic E-state index is 11.5. The molecule has 0 heterocycles. The number of rotatable bonds is 4. The lowest BCUT2D eigenvalue weighted by atomic mass is 10.1. The molecule has 0 atom stereocenters. The predicted octanol–water partition coefficient (Wildman–Crippen LogP) is 2.61. The van der Waals surface area contributed by atoms with Gasteiger partial charge in [-0.2, -0.15) is 0 Å². The number of carbonyl (C=O) groups is 1. The lowest BCUT2D eigenvalue weighted by molar-refractivity contribution is -0.136. The van der Waals surface area contributed by atoms with Crippen molar-refractivity contribution in [2.24, 2.45) is 0 Å². The van der Waals surface area contributed by atoms with Crippen molar-refractivity contribution in [1.29, 1.82) is 0 Å². The highest BCUT2D eigenvalue weighted by Crippen LogP contribution is 2.21. The molecule has 0 aliphatic heterocycles. The third-order valence-corrected chi connectivity index (χ3v) is 2.64. The number of hydrogen-bond acceptors (Lipinski definition) is 3. The number of ether oxygens (including phenoxy) is 2. The molecule has 4 heteroatoms. The van der Waals surface area contributed by atoms with Crippen LogP contribution in [0.4, 0.5) is 0 Å². The van der Waals surface area contributed by atoms with Crippen molar-refractivity contribution in [3.05, 3.63) is 41.5 Å². The zero-order valence-electron chi connectivity index (χ0n) is 9.20. The van der Waals surface area contributed by atoms with Gasteiger partial charge in [-0.15, -0.1) is 0 Å². The maximum Gasteiger partial charge on any atom is 0.338 e. The summed E-state index contributed by atoms with van der Waals surface area (Å²) in [4.78, 5) is 11.5. The summed E-state index contributed by atoms with van der Waals surface area (Å²) in [7, 11) is 2.89. The van der Waals surface area contributed by atoms with Crippen molar-refractivity contribution in [2.45, 2.75) is 0 Å². The Kier molecular flexibility index (Phi) is 5.05. The van der Waals surface area contributed by atoms with E-state index in [1.54, 1.807) is 0 Å². The smallest absolute Gasteiger partial charge is 0.338 e. The Balaban J connectivity index is 3.21. The molecular formula is C12H13BrO3. The fourth-order valence-electron chi connectivity index (χ4n) is 1.34. The summed E-state index contributed by atoms with van der Waals surface area (Å²) in [5.74, 6) is 0.141. The van der Waals surface area contributed by atoms with Gasteiger partial charge in [-0.25, -0.2) is 4.79 Å². The lowest BCUT2D eigenvalue weighted by Gasteiger charge is -2.11. The SMILES string of the molecule is COC(=O)C(CBr)=C(OC)c1ccccc1. The topological polar surface area (TPSA) is 35.5 Å². The molecule has 0 aliphatic carbocycles. The van der Waals surface area contributed by atoms with Gasteiger partial charge < -0.3 is 9.47 Å². The van der Waals surface area contributed by atoms with E-state index >= 15 is 0 Å². The molecule has 0 unspecified atom stereocenters. The molecule has 1 rings (SSSR count). The van der Waals surface area contributed by atoms with Crippen LogP contribution in [-0.2, 0) is 14.3 Å². The van der Waals surface area contributed by atoms with Crippen LogP contribution in [0.25, 0.3) is 5.76 Å². The molecule has 0 aliphatic rings. The first-order chi connectivity index (χ1) is 7.74. The van der Waals surface area contributed by atoms with Crippen LogP contribution in [-0.4, -0.2) is 25.5 Å². The molecule has 0 N–H and O–H groups in total. The Hall–Kier alpha value is -1.29. The monoisotopic (exact) mass is 284 g/mol. The lowest BCUT2D eigenvalue weighted by Crippen LogP contribution is -2.09. The molecule has 0 amide bonds. The van der Waals surface area contributed by atoms with Gasteiger partial charge in [0.15, 0.2) is 0 Å². The Morgan fingerprint density at radius 3 is 2.25 bits per heavy atom. The molecule has 0 saturated heterocycles. The number of benzene rings is 1. The highest BCUT2D eigenvalue weighted by molar-refractivity contribution is 9.09. The summed E-state index contributed by atoms with van der Waals surface area (Å²) in [6, 6.07) is 9.44. The van der Waals surface area contributed by atoms with Gasteiger partial charge in [-0.05, 0) is 0 Å². The molecule has 3 nitrogen and oxygen atoms in total. The van der Waals surface area contributed by atoms with Crippen LogP contribution in [0.5, 0.6) is 0 Å². The number of halogens is 1. The standard InChI is InChI=1S/C12H13BrO3/c1-15-11(9-6-4-3-5-7-9)10(8-13)12(14)16-2/h3-7H,8H2,1-2H3. The van der Waals surface area contributed by atoms with Gasteiger partial charge in [0, 0.05) is 10.9 Å². The number of carbonyl (C=O) groups excluding carboxylic acids is 1. The Labute approximate surface area is 103 Å². The molecular weight excluding hydrogens is 272 g/mol. The van der Waals surface area contributed by atoms with Crippen LogP contribution >= 0.6 is 15.9 Å². The summed E-state index contributed by atoms with van der Waals surface area (Å²) in [5, 5.41) is 0.387. The van der Waals surface area contributed by atoms with E-state index in [-0.39, 0.29) is 0 Å². The number of esters is 1. The van der Waals surface area contributed by atoms with E-state index in [2.05, 4.69) is 15.9 Å². The molecule has 86 valence electrons. The Bertz CT molecular complexity index is 385. The summed E-state index contributed by atoms with van der Waals surface area (Å²) in [5.41, 5.74) is 1.32. The van der Waals surface area contributed by atoms with E-state index in [4.69, 9.17) is 9.47 Å². The van der Waals surface area contributed by atoms with E-state index in [1.807, 2.05) is 30.3 Å². The van der Waals surface area contributed by atoms with Gasteiger partial charge in [0.2, 0.25) is 0 Å². The molecule has 1 aromatic rings. The molecule has 16 heavy (non-hydrogen) atoms. The van der Waals surface area contributed by atoms with Crippen molar-refractivity contribution in [3.63, 3.8) is 0 Å². The van der Waals surface area contributed by atoms with Crippen LogP contribution in [0.15, 0.2) is 35.9 Å². The number of hydrogen-bond donors (Lipinski definition) is 0. The van der Waals surface area contributed by atoms with Crippen LogP contribution in [0.1, 0.15) is 5.56 Å². The second-order valence-electron chi connectivity index (χ2n) is 3.00. The van der Waals surface area contributed by atoms with E-state index in [1.165, 1.54) is 14.2 Å². The minimum Gasteiger partial charge on any atom is -0.496 e. The van der Waals surface area contributed by atoms with Gasteiger partial charge in [0.1, 0.15) is 5.76 Å². The first-order valence-electron chi connectivity index (χ1n) is 4.71. The maximum atomic E-state index is 11.5. The molecule has 0 radical (unpaired) electrons. The molecule has 1 aromatic carbocycles. The Morgan fingerprint density at radius 1 is 1.19 bits per heavy atom. The average molecular weight is 285 g/mol. The van der Waals surface area contributed by atoms with Crippen LogP contribution in [0, 0.1) is 0 Å². The first kappa shape index (κ1) is 12.8. The van der Waals surface area contributed by atoms with E-state index in [9.17, 15) is 4.79 Å². The quantitative estimate of drug-likeness (QED) is 0.369. The van der Waals surface area contributed by atoms with Crippen molar-refractivity contribution in [2.75, 3.05) is 19.5 Å². The van der Waals surface area contributed by atoms with Crippen LogP contribution in [0.3, 0.4) is 0 Å². The van der Waals surface area contributed by atoms with Crippen molar-refractivity contribution < 1.29 is 14.3 Å². The summed E-state index contributed by atoms with van der Waals surface area (Å²) in [6.45, 7) is 0. The fourth-order valence-corrected chi connectivity index (χ4v) is 1.82. The second-order valence-corrected chi connectivity index (χ2v) is 3.56. The van der Waals surface area contributed by atoms with Crippen molar-refractivity contribution >= 4 is 27.7 Å². The zero-order chi connectivity index (χ0) is 12.0. The predicted molar refractivity (Wildman–Crippen MR) is 66.2 cm³/mol. The zero-order valence-corrected chi connectivity index (χ0v) is 10.8. The van der Waals surface area contributed by atoms with Gasteiger partial charge in [-0.1, -0.05) is 46.3 Å². The second kappa shape index (κ2) is 6.33. The van der Waals surface area contributed by atoms with Gasteiger partial charge in [0.25, 0.3) is 0 Å². The molecule has 0 bridgehead atoms. The largest absolute Gasteiger partial charge is 0.496 e. The third kappa shape index (κ3) is 2.85. The van der Waals surface area contributed by atoms with E-state index < -0.39 is 5.97 Å². The highest BCUT2D eigenvalue weighted by atomic mass is 79.9. The fraction of sp³-hybridized carbons (Fsp3) is 0.250. The van der Waals surface area contributed by atoms with Gasteiger partial charge in [0.05, 0.1) is 19.8 Å². The van der Waals surface area contributed by atoms with Gasteiger partial charge in [-0.3, -0.25) is 0 Å². The minimum atomic E-state index is -0.391. The number of alkyl halides is 1. The highest BCUT2D eigenvalue weighted by Gasteiger charge is 2.16. The molecule has 0 spiro atoms. The van der Waals surface area contributed by atoms with Crippen molar-refractivity contribution in [1.82, 2.24) is 0 Å². The number of methoxy groups -OCH3 is 2. The van der Waals surface area contributed by atoms with Crippen molar-refractivity contribution in [3.8, 4) is 0 Å². The first-order valence-corrected chi connectivity index (χ1v) is 5.83. The third-order valence-electron chi connectivity index (χ3n) is 2.08. The summed E-state index contributed by atoms with van der Waals surface area (Å²) >= 11 is 3.26. The molecule has 0 aromatic heterocycles.